The maximum absolute atomic E-state index is 2.48. The quantitative estimate of drug-likeness (QED) is 0.178. The van der Waals surface area contributed by atoms with Gasteiger partial charge in [0, 0.05) is 42.3 Å². The van der Waals surface area contributed by atoms with Gasteiger partial charge in [0.1, 0.15) is 0 Å². The Hall–Kier alpha value is -5.44. The van der Waals surface area contributed by atoms with E-state index in [1.807, 2.05) is 11.3 Å². The Morgan fingerprint density at radius 3 is 2.00 bits per heavy atom. The topological polar surface area (TPSA) is 3.24 Å². The Morgan fingerprint density at radius 2 is 1.06 bits per heavy atom. The highest BCUT2D eigenvalue weighted by Crippen LogP contribution is 2.51. The molecule has 0 bridgehead atoms. The highest BCUT2D eigenvalue weighted by molar-refractivity contribution is 7.25. The van der Waals surface area contributed by atoms with Crippen molar-refractivity contribution in [2.24, 2.45) is 0 Å². The Bertz CT molecular complexity index is 2730. The average molecular weight is 618 g/mol. The van der Waals surface area contributed by atoms with Gasteiger partial charge in [-0.05, 0) is 91.6 Å². The highest BCUT2D eigenvalue weighted by Gasteiger charge is 2.35. The zero-order valence-electron chi connectivity index (χ0n) is 26.3. The Labute approximate surface area is 278 Å². The van der Waals surface area contributed by atoms with Gasteiger partial charge in [-0.15, -0.1) is 11.3 Å². The summed E-state index contributed by atoms with van der Waals surface area (Å²) in [6.45, 7) is 4.70. The first-order chi connectivity index (χ1) is 23.1. The van der Waals surface area contributed by atoms with Gasteiger partial charge in [0.25, 0.3) is 0 Å². The second kappa shape index (κ2) is 9.78. The van der Waals surface area contributed by atoms with Crippen LogP contribution in [-0.4, -0.2) is 0 Å². The molecule has 2 heteroatoms. The Balaban J connectivity index is 1.26. The Morgan fingerprint density at radius 1 is 0.426 bits per heavy atom. The summed E-state index contributed by atoms with van der Waals surface area (Å²) in [7, 11) is 0. The molecular formula is C45H31NS. The van der Waals surface area contributed by atoms with Crippen molar-refractivity contribution in [3.8, 4) is 11.1 Å². The van der Waals surface area contributed by atoms with E-state index in [9.17, 15) is 0 Å². The average Bonchev–Trinajstić information content (AvgIpc) is 3.60. The van der Waals surface area contributed by atoms with Gasteiger partial charge in [-0.2, -0.15) is 0 Å². The third kappa shape index (κ3) is 3.83. The summed E-state index contributed by atoms with van der Waals surface area (Å²) in [6.07, 6.45) is 0. The van der Waals surface area contributed by atoms with Gasteiger partial charge in [0.05, 0.1) is 5.69 Å². The minimum atomic E-state index is -0.0368. The van der Waals surface area contributed by atoms with E-state index in [0.717, 1.165) is 5.69 Å². The molecule has 222 valence electrons. The molecule has 9 aromatic rings. The number of hydrogen-bond acceptors (Lipinski definition) is 2. The fraction of sp³-hybridized carbons (Fsp3) is 0.0667. The van der Waals surface area contributed by atoms with Crippen molar-refractivity contribution in [1.29, 1.82) is 0 Å². The van der Waals surface area contributed by atoms with Crippen molar-refractivity contribution < 1.29 is 0 Å². The largest absolute Gasteiger partial charge is 0.310 e. The summed E-state index contributed by atoms with van der Waals surface area (Å²) in [5.74, 6) is 0. The summed E-state index contributed by atoms with van der Waals surface area (Å²) in [5.41, 5.74) is 8.92. The van der Waals surface area contributed by atoms with Crippen molar-refractivity contribution in [2.45, 2.75) is 19.3 Å². The van der Waals surface area contributed by atoms with Crippen LogP contribution in [0.5, 0.6) is 0 Å². The van der Waals surface area contributed by atoms with E-state index in [2.05, 4.69) is 170 Å². The molecule has 0 saturated carbocycles. The van der Waals surface area contributed by atoms with Crippen LogP contribution in [0.3, 0.4) is 0 Å². The minimum Gasteiger partial charge on any atom is -0.310 e. The van der Waals surface area contributed by atoms with Crippen molar-refractivity contribution in [3.63, 3.8) is 0 Å². The highest BCUT2D eigenvalue weighted by atomic mass is 32.1. The molecule has 0 fully saturated rings. The lowest BCUT2D eigenvalue weighted by molar-refractivity contribution is 0.660. The number of benzene rings is 8. The van der Waals surface area contributed by atoms with Crippen molar-refractivity contribution >= 4 is 80.9 Å². The SMILES string of the molecule is CC1(C)c2ccccc2-c2cc(N(c3ccc4sc5ccccc5c4c3)c3cccc4c3ccc3c5ccccc5ccc43)ccc21. The summed E-state index contributed by atoms with van der Waals surface area (Å²) in [4.78, 5) is 2.48. The first kappa shape index (κ1) is 26.7. The number of nitrogens with zero attached hydrogens (tertiary/aromatic N) is 1. The molecule has 0 aliphatic heterocycles. The normalized spacial score (nSPS) is 13.5. The number of anilines is 3. The molecule has 8 aromatic carbocycles. The zero-order chi connectivity index (χ0) is 31.3. The van der Waals surface area contributed by atoms with Gasteiger partial charge < -0.3 is 4.90 Å². The molecule has 47 heavy (non-hydrogen) atoms. The van der Waals surface area contributed by atoms with Crippen molar-refractivity contribution in [1.82, 2.24) is 0 Å². The van der Waals surface area contributed by atoms with Crippen LogP contribution in [0, 0.1) is 0 Å². The Kier molecular flexibility index (Phi) is 5.57. The van der Waals surface area contributed by atoms with Crippen LogP contribution in [0.4, 0.5) is 17.1 Å². The van der Waals surface area contributed by atoms with Gasteiger partial charge in [0.15, 0.2) is 0 Å². The molecule has 0 saturated heterocycles. The third-order valence-corrected chi connectivity index (χ3v) is 11.6. The summed E-state index contributed by atoms with van der Waals surface area (Å²) in [6, 6.07) is 56.5. The first-order valence-electron chi connectivity index (χ1n) is 16.4. The molecular weight excluding hydrogens is 587 g/mol. The lowest BCUT2D eigenvalue weighted by Gasteiger charge is -2.28. The fourth-order valence-electron chi connectivity index (χ4n) is 8.16. The zero-order valence-corrected chi connectivity index (χ0v) is 27.1. The van der Waals surface area contributed by atoms with Crippen LogP contribution in [0.2, 0.25) is 0 Å². The van der Waals surface area contributed by atoms with E-state index in [-0.39, 0.29) is 5.41 Å². The minimum absolute atomic E-state index is 0.0368. The van der Waals surface area contributed by atoms with E-state index in [0.29, 0.717) is 0 Å². The smallest absolute Gasteiger partial charge is 0.0540 e. The molecule has 1 nitrogen and oxygen atoms in total. The standard InChI is InChI=1S/C45H31NS/c1-45(2)40-15-7-5-12-35(40)38-26-29(19-24-41(38)45)46(30-20-25-44-39(27-30)37-13-6-8-17-43(37)47-44)42-16-9-14-32-34-21-18-28-10-3-4-11-31(28)33(34)22-23-36(32)42/h3-27H,1-2H3. The van der Waals surface area contributed by atoms with Crippen LogP contribution >= 0.6 is 11.3 Å². The van der Waals surface area contributed by atoms with Gasteiger partial charge in [-0.1, -0.05) is 123 Å². The number of hydrogen-bond donors (Lipinski definition) is 0. The van der Waals surface area contributed by atoms with E-state index in [4.69, 9.17) is 0 Å². The van der Waals surface area contributed by atoms with Gasteiger partial charge in [-0.25, -0.2) is 0 Å². The third-order valence-electron chi connectivity index (χ3n) is 10.4. The number of thiophene rings is 1. The summed E-state index contributed by atoms with van der Waals surface area (Å²) in [5, 5.41) is 10.3. The molecule has 0 radical (unpaired) electrons. The molecule has 0 N–H and O–H groups in total. The number of fused-ring (bicyclic) bond motifs is 11. The second-order valence-electron chi connectivity index (χ2n) is 13.3. The van der Waals surface area contributed by atoms with Gasteiger partial charge in [0.2, 0.25) is 0 Å². The van der Waals surface area contributed by atoms with Crippen LogP contribution in [-0.2, 0) is 5.41 Å². The predicted octanol–water partition coefficient (Wildman–Crippen LogP) is 13.3. The second-order valence-corrected chi connectivity index (χ2v) is 14.4. The van der Waals surface area contributed by atoms with Crippen LogP contribution in [0.25, 0.3) is 63.6 Å². The van der Waals surface area contributed by atoms with Crippen LogP contribution in [0.15, 0.2) is 152 Å². The van der Waals surface area contributed by atoms with E-state index >= 15 is 0 Å². The van der Waals surface area contributed by atoms with E-state index in [1.165, 1.54) is 86.1 Å². The molecule has 0 spiro atoms. The first-order valence-corrected chi connectivity index (χ1v) is 17.2. The van der Waals surface area contributed by atoms with E-state index in [1.54, 1.807) is 0 Å². The van der Waals surface area contributed by atoms with Gasteiger partial charge >= 0.3 is 0 Å². The maximum atomic E-state index is 2.48. The molecule has 0 amide bonds. The summed E-state index contributed by atoms with van der Waals surface area (Å²) >= 11 is 1.87. The number of rotatable bonds is 3. The predicted molar refractivity (Wildman–Crippen MR) is 204 cm³/mol. The monoisotopic (exact) mass is 617 g/mol. The lowest BCUT2D eigenvalue weighted by Crippen LogP contribution is -2.15. The van der Waals surface area contributed by atoms with E-state index < -0.39 is 0 Å². The molecule has 1 aliphatic carbocycles. The van der Waals surface area contributed by atoms with Gasteiger partial charge in [-0.3, -0.25) is 0 Å². The van der Waals surface area contributed by atoms with Crippen molar-refractivity contribution in [3.05, 3.63) is 163 Å². The molecule has 10 rings (SSSR count). The molecule has 1 heterocycles. The van der Waals surface area contributed by atoms with Crippen LogP contribution in [0.1, 0.15) is 25.0 Å². The molecule has 1 aliphatic rings. The molecule has 0 atom stereocenters. The van der Waals surface area contributed by atoms with Crippen molar-refractivity contribution in [2.75, 3.05) is 4.90 Å². The van der Waals surface area contributed by atoms with Crippen LogP contribution < -0.4 is 4.90 Å². The molecule has 0 unspecified atom stereocenters. The lowest BCUT2D eigenvalue weighted by atomic mass is 9.82. The fourth-order valence-corrected chi connectivity index (χ4v) is 9.25. The summed E-state index contributed by atoms with van der Waals surface area (Å²) < 4.78 is 2.64. The molecule has 1 aromatic heterocycles. The maximum Gasteiger partial charge on any atom is 0.0540 e.